The largest absolute Gasteiger partial charge is 0.465 e. The highest BCUT2D eigenvalue weighted by molar-refractivity contribution is 6.02. The van der Waals surface area contributed by atoms with Crippen LogP contribution in [-0.4, -0.2) is 58.3 Å². The van der Waals surface area contributed by atoms with Crippen LogP contribution in [0.2, 0.25) is 0 Å². The Labute approximate surface area is 164 Å². The van der Waals surface area contributed by atoms with E-state index < -0.39 is 17.5 Å². The molecule has 7 heteroatoms. The minimum Gasteiger partial charge on any atom is -0.465 e. The molecule has 1 aliphatic heterocycles. The number of benzene rings is 1. The fraction of sp³-hybridized carbons (Fsp3) is 0.619. The van der Waals surface area contributed by atoms with E-state index in [0.717, 1.165) is 38.6 Å². The van der Waals surface area contributed by atoms with Gasteiger partial charge in [-0.3, -0.25) is 4.79 Å². The second-order valence-electron chi connectivity index (χ2n) is 8.17. The van der Waals surface area contributed by atoms with Crippen molar-refractivity contribution >= 4 is 11.9 Å². The highest BCUT2D eigenvalue weighted by Crippen LogP contribution is 2.30. The van der Waals surface area contributed by atoms with Gasteiger partial charge in [-0.15, -0.1) is 0 Å². The first-order chi connectivity index (χ1) is 13.4. The van der Waals surface area contributed by atoms with Gasteiger partial charge in [0.25, 0.3) is 0 Å². The first-order valence-electron chi connectivity index (χ1n) is 10.1. The molecule has 1 amide bonds. The lowest BCUT2D eigenvalue weighted by atomic mass is 9.82. The summed E-state index contributed by atoms with van der Waals surface area (Å²) in [5.74, 6) is -0.115. The molecule has 0 spiro atoms. The summed E-state index contributed by atoms with van der Waals surface area (Å²) in [5, 5.41) is 22.1. The number of rotatable bonds is 6. The van der Waals surface area contributed by atoms with Crippen molar-refractivity contribution in [2.75, 3.05) is 19.6 Å². The Hall–Kier alpha value is -1.99. The topological polar surface area (TPSA) is 89.9 Å². The molecule has 6 nitrogen and oxygen atoms in total. The van der Waals surface area contributed by atoms with Crippen molar-refractivity contribution in [3.8, 4) is 0 Å². The average molecular weight is 392 g/mol. The third-order valence-electron chi connectivity index (χ3n) is 6.24. The van der Waals surface area contributed by atoms with Crippen molar-refractivity contribution in [2.45, 2.75) is 56.6 Å². The number of carbonyl (C=O) groups is 2. The molecule has 154 valence electrons. The molecule has 3 N–H and O–H groups in total. The minimum absolute atomic E-state index is 0.0798. The molecule has 1 aromatic carbocycles. The third kappa shape index (κ3) is 5.29. The summed E-state index contributed by atoms with van der Waals surface area (Å²) >= 11 is 0. The number of aliphatic hydroxyl groups is 1. The zero-order valence-electron chi connectivity index (χ0n) is 16.1. The molecule has 28 heavy (non-hydrogen) atoms. The van der Waals surface area contributed by atoms with E-state index >= 15 is 0 Å². The van der Waals surface area contributed by atoms with Crippen LogP contribution in [0.1, 0.15) is 55.3 Å². The fourth-order valence-corrected chi connectivity index (χ4v) is 4.38. The molecule has 1 saturated carbocycles. The molecule has 0 radical (unpaired) electrons. The molecule has 2 fully saturated rings. The second kappa shape index (κ2) is 9.01. The van der Waals surface area contributed by atoms with Gasteiger partial charge in [0.15, 0.2) is 5.78 Å². The Kier molecular flexibility index (Phi) is 6.67. The number of Topliss-reactive ketones (excluding diaryl/α,β-unsaturated/α-hetero) is 1. The monoisotopic (exact) mass is 392 g/mol. The van der Waals surface area contributed by atoms with Crippen molar-refractivity contribution in [1.29, 1.82) is 0 Å². The predicted molar refractivity (Wildman–Crippen MR) is 103 cm³/mol. The quantitative estimate of drug-likeness (QED) is 0.648. The third-order valence-corrected chi connectivity index (χ3v) is 6.24. The van der Waals surface area contributed by atoms with Crippen LogP contribution in [0, 0.1) is 11.7 Å². The zero-order valence-corrected chi connectivity index (χ0v) is 16.1. The zero-order chi connectivity index (χ0) is 20.1. The van der Waals surface area contributed by atoms with Crippen LogP contribution >= 0.6 is 0 Å². The van der Waals surface area contributed by atoms with Gasteiger partial charge in [0.05, 0.1) is 0 Å². The summed E-state index contributed by atoms with van der Waals surface area (Å²) in [6, 6.07) is 5.42. The minimum atomic E-state index is -1.37. The normalized spacial score (nSPS) is 25.2. The summed E-state index contributed by atoms with van der Waals surface area (Å²) < 4.78 is 13.0. The number of amides is 1. The van der Waals surface area contributed by atoms with Crippen LogP contribution in [0.4, 0.5) is 9.18 Å². The summed E-state index contributed by atoms with van der Waals surface area (Å²) in [4.78, 5) is 25.6. The van der Waals surface area contributed by atoms with E-state index in [-0.39, 0.29) is 11.8 Å². The first-order valence-corrected chi connectivity index (χ1v) is 10.1. The van der Waals surface area contributed by atoms with Crippen LogP contribution in [-0.2, 0) is 0 Å². The Morgan fingerprint density at radius 2 is 1.71 bits per heavy atom. The number of carboxylic acid groups (broad SMARTS) is 1. The van der Waals surface area contributed by atoms with E-state index in [1.807, 2.05) is 0 Å². The maximum absolute atomic E-state index is 13.0. The van der Waals surface area contributed by atoms with Gasteiger partial charge in [-0.2, -0.15) is 0 Å². The number of halogens is 1. The summed E-state index contributed by atoms with van der Waals surface area (Å²) in [6.45, 7) is 2.27. The van der Waals surface area contributed by atoms with Gasteiger partial charge < -0.3 is 20.4 Å². The Balaban J connectivity index is 1.41. The molecule has 3 rings (SSSR count). The molecular formula is C21H29FN2O4. The van der Waals surface area contributed by atoms with E-state index in [1.165, 1.54) is 24.3 Å². The lowest BCUT2D eigenvalue weighted by molar-refractivity contribution is -0.00739. The molecule has 0 unspecified atom stereocenters. The van der Waals surface area contributed by atoms with E-state index in [2.05, 4.69) is 10.2 Å². The second-order valence-corrected chi connectivity index (χ2v) is 8.17. The van der Waals surface area contributed by atoms with Crippen LogP contribution in [0.15, 0.2) is 24.3 Å². The molecule has 0 atom stereocenters. The van der Waals surface area contributed by atoms with Crippen LogP contribution in [0.3, 0.4) is 0 Å². The van der Waals surface area contributed by atoms with Gasteiger partial charge in [-0.1, -0.05) is 0 Å². The Bertz CT molecular complexity index is 678. The van der Waals surface area contributed by atoms with Gasteiger partial charge >= 0.3 is 6.09 Å². The maximum atomic E-state index is 13.0. The van der Waals surface area contributed by atoms with Crippen molar-refractivity contribution in [3.63, 3.8) is 0 Å². The Morgan fingerprint density at radius 1 is 1.11 bits per heavy atom. The number of piperidine rings is 1. The molecule has 1 aromatic rings. The van der Waals surface area contributed by atoms with Gasteiger partial charge in [0.1, 0.15) is 11.4 Å². The SMILES string of the molecule is O=C(O)NC1CCC(CCN2CCC(O)(C(=O)c3ccc(F)cc3)CC2)CC1. The van der Waals surface area contributed by atoms with E-state index in [4.69, 9.17) is 5.11 Å². The average Bonchev–Trinajstić information content (AvgIpc) is 2.68. The van der Waals surface area contributed by atoms with Gasteiger partial charge in [0, 0.05) is 24.7 Å². The van der Waals surface area contributed by atoms with Crippen LogP contribution < -0.4 is 5.32 Å². The summed E-state index contributed by atoms with van der Waals surface area (Å²) in [5.41, 5.74) is -1.02. The van der Waals surface area contributed by atoms with Gasteiger partial charge in [-0.05, 0) is 81.7 Å². The van der Waals surface area contributed by atoms with Crippen LogP contribution in [0.25, 0.3) is 0 Å². The standard InChI is InChI=1S/C21H29FN2O4/c22-17-5-3-16(4-6-17)19(25)21(28)10-13-24(14-11-21)12-9-15-1-7-18(8-2-15)23-20(26)27/h3-6,15,18,23,28H,1-2,7-14H2,(H,26,27). The predicted octanol–water partition coefficient (Wildman–Crippen LogP) is 3.05. The van der Waals surface area contributed by atoms with Crippen molar-refractivity contribution in [3.05, 3.63) is 35.6 Å². The molecule has 2 aliphatic rings. The lowest BCUT2D eigenvalue weighted by Crippen LogP contribution is -2.49. The molecule has 1 aliphatic carbocycles. The van der Waals surface area contributed by atoms with E-state index in [0.29, 0.717) is 37.4 Å². The Morgan fingerprint density at radius 3 is 2.29 bits per heavy atom. The fourth-order valence-electron chi connectivity index (χ4n) is 4.38. The lowest BCUT2D eigenvalue weighted by Gasteiger charge is -2.38. The highest BCUT2D eigenvalue weighted by Gasteiger charge is 2.39. The molecular weight excluding hydrogens is 363 g/mol. The van der Waals surface area contributed by atoms with E-state index in [9.17, 15) is 19.1 Å². The molecule has 1 heterocycles. The number of hydrogen-bond donors (Lipinski definition) is 3. The smallest absolute Gasteiger partial charge is 0.404 e. The molecule has 0 bridgehead atoms. The number of carbonyl (C=O) groups excluding carboxylic acids is 1. The number of nitrogens with one attached hydrogen (secondary N) is 1. The summed E-state index contributed by atoms with van der Waals surface area (Å²) in [7, 11) is 0. The van der Waals surface area contributed by atoms with Gasteiger partial charge in [0.2, 0.25) is 0 Å². The molecule has 1 saturated heterocycles. The number of ketones is 1. The first kappa shape index (κ1) is 20.7. The van der Waals surface area contributed by atoms with Crippen molar-refractivity contribution in [2.24, 2.45) is 5.92 Å². The van der Waals surface area contributed by atoms with Crippen molar-refractivity contribution in [1.82, 2.24) is 10.2 Å². The number of hydrogen-bond acceptors (Lipinski definition) is 4. The van der Waals surface area contributed by atoms with Crippen molar-refractivity contribution < 1.29 is 24.2 Å². The number of likely N-dealkylation sites (tertiary alicyclic amines) is 1. The summed E-state index contributed by atoms with van der Waals surface area (Å²) in [6.07, 6.45) is 4.74. The van der Waals surface area contributed by atoms with E-state index in [1.54, 1.807) is 0 Å². The molecule has 0 aromatic heterocycles. The maximum Gasteiger partial charge on any atom is 0.404 e. The number of nitrogens with zero attached hydrogens (tertiary/aromatic N) is 1. The highest BCUT2D eigenvalue weighted by atomic mass is 19.1. The van der Waals surface area contributed by atoms with Gasteiger partial charge in [-0.25, -0.2) is 9.18 Å². The van der Waals surface area contributed by atoms with Crippen LogP contribution in [0.5, 0.6) is 0 Å².